The molecule has 3 nitrogen and oxygen atoms in total. The van der Waals surface area contributed by atoms with Crippen LogP contribution >= 0.6 is 0 Å². The van der Waals surface area contributed by atoms with Crippen LogP contribution < -0.4 is 5.32 Å². The largest absolute Gasteiger partial charge is 0.311 e. The van der Waals surface area contributed by atoms with Gasteiger partial charge in [0.2, 0.25) is 0 Å². The molecule has 3 heteroatoms. The van der Waals surface area contributed by atoms with E-state index in [0.29, 0.717) is 6.04 Å². The van der Waals surface area contributed by atoms with E-state index < -0.39 is 0 Å². The first-order chi connectivity index (χ1) is 13.2. The second kappa shape index (κ2) is 6.79. The average Bonchev–Trinajstić information content (AvgIpc) is 3.21. The molecule has 1 N–H and O–H groups in total. The maximum atomic E-state index is 4.84. The Morgan fingerprint density at radius 3 is 2.67 bits per heavy atom. The lowest BCUT2D eigenvalue weighted by atomic mass is 9.94. The second-order valence-corrected chi connectivity index (χ2v) is 8.51. The maximum absolute atomic E-state index is 4.84. The summed E-state index contributed by atoms with van der Waals surface area (Å²) in [5.74, 6) is 1.08. The van der Waals surface area contributed by atoms with Gasteiger partial charge in [-0.2, -0.15) is 0 Å². The van der Waals surface area contributed by atoms with Crippen molar-refractivity contribution in [2.75, 3.05) is 0 Å². The molecule has 0 radical (unpaired) electrons. The summed E-state index contributed by atoms with van der Waals surface area (Å²) in [6, 6.07) is 14.7. The topological polar surface area (TPSA) is 29.9 Å². The van der Waals surface area contributed by atoms with E-state index in [1.807, 2.05) is 0 Å². The van der Waals surface area contributed by atoms with Crippen LogP contribution in [0.3, 0.4) is 0 Å². The smallest absolute Gasteiger partial charge is 0.111 e. The van der Waals surface area contributed by atoms with Gasteiger partial charge in [0.1, 0.15) is 5.82 Å². The molecule has 3 aromatic rings. The van der Waals surface area contributed by atoms with Crippen molar-refractivity contribution in [3.63, 3.8) is 0 Å². The zero-order valence-corrected chi connectivity index (χ0v) is 16.5. The lowest BCUT2D eigenvalue weighted by Gasteiger charge is -2.26. The minimum atomic E-state index is 0.585. The van der Waals surface area contributed by atoms with E-state index in [2.05, 4.69) is 60.1 Å². The van der Waals surface area contributed by atoms with Gasteiger partial charge in [0, 0.05) is 12.1 Å². The molecule has 1 atom stereocenters. The molecule has 1 saturated carbocycles. The Labute approximate surface area is 161 Å². The molecule has 1 unspecified atom stereocenters. The van der Waals surface area contributed by atoms with Gasteiger partial charge in [0.15, 0.2) is 0 Å². The summed E-state index contributed by atoms with van der Waals surface area (Å²) in [7, 11) is 0. The highest BCUT2D eigenvalue weighted by molar-refractivity contribution is 5.79. The number of aryl methyl sites for hydroxylation is 2. The van der Waals surface area contributed by atoms with Gasteiger partial charge < -0.3 is 5.32 Å². The van der Waals surface area contributed by atoms with Gasteiger partial charge in [-0.1, -0.05) is 37.5 Å². The minimum Gasteiger partial charge on any atom is -0.311 e. The lowest BCUT2D eigenvalue weighted by Crippen LogP contribution is -2.39. The SMILES string of the molecule is Cc1ccc2c(c1)nc(C)n2-c1cccc2c1CC(NC1CCCCC1)C2. The van der Waals surface area contributed by atoms with Gasteiger partial charge in [0.25, 0.3) is 0 Å². The Balaban J connectivity index is 1.49. The van der Waals surface area contributed by atoms with E-state index in [1.165, 1.54) is 60.0 Å². The summed E-state index contributed by atoms with van der Waals surface area (Å²) in [6.07, 6.45) is 9.19. The molecule has 2 aliphatic rings. The van der Waals surface area contributed by atoms with Crippen molar-refractivity contribution >= 4 is 11.0 Å². The van der Waals surface area contributed by atoms with E-state index in [4.69, 9.17) is 4.98 Å². The van der Waals surface area contributed by atoms with Gasteiger partial charge in [-0.3, -0.25) is 4.57 Å². The monoisotopic (exact) mass is 359 g/mol. The predicted octanol–water partition coefficient (Wildman–Crippen LogP) is 5.03. The third-order valence-corrected chi connectivity index (χ3v) is 6.46. The van der Waals surface area contributed by atoms with Gasteiger partial charge in [-0.15, -0.1) is 0 Å². The zero-order chi connectivity index (χ0) is 18.4. The van der Waals surface area contributed by atoms with E-state index in [9.17, 15) is 0 Å². The first-order valence-electron chi connectivity index (χ1n) is 10.5. The molecular formula is C24H29N3. The fourth-order valence-corrected chi connectivity index (χ4v) is 5.18. The molecule has 0 spiro atoms. The third kappa shape index (κ3) is 3.08. The van der Waals surface area contributed by atoms with Gasteiger partial charge in [-0.05, 0) is 74.4 Å². The van der Waals surface area contributed by atoms with Gasteiger partial charge in [0.05, 0.1) is 16.7 Å². The molecule has 1 heterocycles. The number of nitrogens with zero attached hydrogens (tertiary/aromatic N) is 2. The molecule has 0 aliphatic heterocycles. The van der Waals surface area contributed by atoms with Crippen LogP contribution in [0.25, 0.3) is 16.7 Å². The molecular weight excluding hydrogens is 330 g/mol. The van der Waals surface area contributed by atoms with Crippen LogP contribution in [-0.4, -0.2) is 21.6 Å². The summed E-state index contributed by atoms with van der Waals surface area (Å²) in [4.78, 5) is 4.84. The van der Waals surface area contributed by atoms with Crippen molar-refractivity contribution in [1.29, 1.82) is 0 Å². The van der Waals surface area contributed by atoms with Crippen molar-refractivity contribution in [2.45, 2.75) is 70.9 Å². The highest BCUT2D eigenvalue weighted by Gasteiger charge is 2.27. The van der Waals surface area contributed by atoms with E-state index in [1.54, 1.807) is 0 Å². The Morgan fingerprint density at radius 1 is 0.963 bits per heavy atom. The molecule has 5 rings (SSSR count). The van der Waals surface area contributed by atoms with E-state index in [-0.39, 0.29) is 0 Å². The number of benzene rings is 2. The van der Waals surface area contributed by atoms with Crippen LogP contribution in [0, 0.1) is 13.8 Å². The van der Waals surface area contributed by atoms with Crippen LogP contribution in [0.2, 0.25) is 0 Å². The Bertz CT molecular complexity index is 979. The fourth-order valence-electron chi connectivity index (χ4n) is 5.18. The molecule has 0 bridgehead atoms. The summed E-state index contributed by atoms with van der Waals surface area (Å²) >= 11 is 0. The lowest BCUT2D eigenvalue weighted by molar-refractivity contribution is 0.339. The molecule has 140 valence electrons. The van der Waals surface area contributed by atoms with Crippen molar-refractivity contribution < 1.29 is 0 Å². The van der Waals surface area contributed by atoms with Crippen LogP contribution in [0.4, 0.5) is 0 Å². The number of aromatic nitrogens is 2. The number of hydrogen-bond donors (Lipinski definition) is 1. The first kappa shape index (κ1) is 17.0. The predicted molar refractivity (Wildman–Crippen MR) is 112 cm³/mol. The number of nitrogens with one attached hydrogen (secondary N) is 1. The normalized spacial score (nSPS) is 20.3. The standard InChI is InChI=1S/C24H29N3/c1-16-11-12-24-22(13-16)25-17(2)27(24)23-10-6-7-18-14-20(15-21(18)23)26-19-8-4-3-5-9-19/h6-7,10-13,19-20,26H,3-5,8-9,14-15H2,1-2H3. The number of hydrogen-bond acceptors (Lipinski definition) is 2. The first-order valence-corrected chi connectivity index (χ1v) is 10.5. The Morgan fingerprint density at radius 2 is 1.81 bits per heavy atom. The molecule has 27 heavy (non-hydrogen) atoms. The fraction of sp³-hybridized carbons (Fsp3) is 0.458. The Kier molecular flexibility index (Phi) is 4.28. The van der Waals surface area contributed by atoms with Crippen molar-refractivity contribution in [3.05, 3.63) is 58.9 Å². The zero-order valence-electron chi connectivity index (χ0n) is 16.5. The van der Waals surface area contributed by atoms with E-state index >= 15 is 0 Å². The quantitative estimate of drug-likeness (QED) is 0.711. The number of fused-ring (bicyclic) bond motifs is 2. The maximum Gasteiger partial charge on any atom is 0.111 e. The summed E-state index contributed by atoms with van der Waals surface area (Å²) in [5, 5.41) is 3.97. The Hall–Kier alpha value is -2.13. The molecule has 1 aromatic heterocycles. The van der Waals surface area contributed by atoms with Crippen LogP contribution in [-0.2, 0) is 12.8 Å². The molecule has 2 aromatic carbocycles. The number of rotatable bonds is 3. The minimum absolute atomic E-state index is 0.585. The average molecular weight is 360 g/mol. The van der Waals surface area contributed by atoms with E-state index in [0.717, 1.165) is 30.2 Å². The summed E-state index contributed by atoms with van der Waals surface area (Å²) in [5.41, 5.74) is 7.92. The van der Waals surface area contributed by atoms with Gasteiger partial charge >= 0.3 is 0 Å². The van der Waals surface area contributed by atoms with Crippen molar-refractivity contribution in [1.82, 2.24) is 14.9 Å². The molecule has 0 amide bonds. The molecule has 2 aliphatic carbocycles. The molecule has 0 saturated heterocycles. The van der Waals surface area contributed by atoms with Gasteiger partial charge in [-0.25, -0.2) is 4.98 Å². The highest BCUT2D eigenvalue weighted by Crippen LogP contribution is 2.32. The number of imidazole rings is 1. The van der Waals surface area contributed by atoms with Crippen LogP contribution in [0.5, 0.6) is 0 Å². The van der Waals surface area contributed by atoms with Crippen molar-refractivity contribution in [2.24, 2.45) is 0 Å². The summed E-state index contributed by atoms with van der Waals surface area (Å²) in [6.45, 7) is 4.26. The third-order valence-electron chi connectivity index (χ3n) is 6.46. The second-order valence-electron chi connectivity index (χ2n) is 8.51. The highest BCUT2D eigenvalue weighted by atomic mass is 15.1. The van der Waals surface area contributed by atoms with Crippen LogP contribution in [0.15, 0.2) is 36.4 Å². The van der Waals surface area contributed by atoms with Crippen LogP contribution in [0.1, 0.15) is 54.6 Å². The van der Waals surface area contributed by atoms with Crippen molar-refractivity contribution in [3.8, 4) is 5.69 Å². The molecule has 1 fully saturated rings. The summed E-state index contributed by atoms with van der Waals surface area (Å²) < 4.78 is 2.36.